The molecule has 1 aromatic carbocycles. The van der Waals surface area contributed by atoms with Gasteiger partial charge in [-0.05, 0) is 51.0 Å². The molecule has 1 unspecified atom stereocenters. The summed E-state index contributed by atoms with van der Waals surface area (Å²) in [6.45, 7) is 6.99. The molecule has 30 heavy (non-hydrogen) atoms. The fourth-order valence-corrected chi connectivity index (χ4v) is 3.85. The minimum atomic E-state index is -0.168. The van der Waals surface area contributed by atoms with Gasteiger partial charge in [-0.1, -0.05) is 24.3 Å². The third-order valence-corrected chi connectivity index (χ3v) is 5.29. The summed E-state index contributed by atoms with van der Waals surface area (Å²) in [4.78, 5) is 19.5. The van der Waals surface area contributed by atoms with Gasteiger partial charge in [-0.3, -0.25) is 4.79 Å². The second-order valence-electron chi connectivity index (χ2n) is 7.88. The summed E-state index contributed by atoms with van der Waals surface area (Å²) < 4.78 is 11.4. The van der Waals surface area contributed by atoms with E-state index in [4.69, 9.17) is 9.15 Å². The Morgan fingerprint density at radius 2 is 2.10 bits per heavy atom. The molecule has 0 saturated carbocycles. The smallest absolute Gasteiger partial charge is 0.255 e. The minimum Gasteiger partial charge on any atom is -0.475 e. The Hall–Kier alpha value is -3.28. The maximum atomic E-state index is 12.9. The van der Waals surface area contributed by atoms with Gasteiger partial charge in [-0.25, -0.2) is 4.98 Å². The Bertz CT molecular complexity index is 1030. The second-order valence-corrected chi connectivity index (χ2v) is 7.88. The Labute approximate surface area is 176 Å². The molecule has 0 aliphatic carbocycles. The van der Waals surface area contributed by atoms with Crippen molar-refractivity contribution in [1.29, 1.82) is 0 Å². The fraction of sp³-hybridized carbons (Fsp3) is 0.333. The number of hydrogen-bond acceptors (Lipinski definition) is 5. The molecule has 0 fully saturated rings. The van der Waals surface area contributed by atoms with Gasteiger partial charge in [0.1, 0.15) is 5.76 Å². The Morgan fingerprint density at radius 1 is 1.27 bits per heavy atom. The molecule has 156 valence electrons. The number of benzene rings is 1. The van der Waals surface area contributed by atoms with E-state index in [1.165, 1.54) is 11.3 Å². The lowest BCUT2D eigenvalue weighted by Crippen LogP contribution is -2.30. The molecule has 0 radical (unpaired) electrons. The number of furan rings is 1. The maximum Gasteiger partial charge on any atom is 0.255 e. The lowest BCUT2D eigenvalue weighted by molar-refractivity contribution is 0.0948. The molecule has 1 amide bonds. The highest BCUT2D eigenvalue weighted by molar-refractivity contribution is 5.95. The molecule has 3 aromatic rings. The van der Waals surface area contributed by atoms with Crippen LogP contribution in [0, 0.1) is 0 Å². The third kappa shape index (κ3) is 4.17. The molecule has 3 heterocycles. The first-order valence-corrected chi connectivity index (χ1v) is 10.3. The molecule has 6 heteroatoms. The lowest BCUT2D eigenvalue weighted by atomic mass is 10.1. The molecule has 1 atom stereocenters. The van der Waals surface area contributed by atoms with Crippen LogP contribution in [0.25, 0.3) is 0 Å². The molecular weight excluding hydrogens is 378 g/mol. The van der Waals surface area contributed by atoms with Crippen molar-refractivity contribution in [2.45, 2.75) is 52.4 Å². The molecule has 0 bridgehead atoms. The van der Waals surface area contributed by atoms with Crippen LogP contribution < -0.4 is 15.0 Å². The molecule has 2 aromatic heterocycles. The van der Waals surface area contributed by atoms with Gasteiger partial charge in [0.05, 0.1) is 24.5 Å². The summed E-state index contributed by atoms with van der Waals surface area (Å²) in [5.41, 5.74) is 3.93. The summed E-state index contributed by atoms with van der Waals surface area (Å²) in [5, 5.41) is 2.97. The van der Waals surface area contributed by atoms with Crippen LogP contribution in [-0.2, 0) is 19.5 Å². The molecule has 0 spiro atoms. The molecule has 0 saturated heterocycles. The fourth-order valence-electron chi connectivity index (χ4n) is 3.85. The predicted molar refractivity (Wildman–Crippen MR) is 116 cm³/mol. The van der Waals surface area contributed by atoms with Gasteiger partial charge in [-0.2, -0.15) is 0 Å². The zero-order chi connectivity index (χ0) is 21.1. The lowest BCUT2D eigenvalue weighted by Gasteiger charge is -2.24. The normalized spacial score (nSPS) is 15.3. The van der Waals surface area contributed by atoms with Crippen molar-refractivity contribution in [3.8, 4) is 5.88 Å². The highest BCUT2D eigenvalue weighted by Gasteiger charge is 2.28. The van der Waals surface area contributed by atoms with Crippen molar-refractivity contribution in [3.05, 3.63) is 77.4 Å². The third-order valence-electron chi connectivity index (χ3n) is 5.29. The summed E-state index contributed by atoms with van der Waals surface area (Å²) >= 11 is 0. The van der Waals surface area contributed by atoms with Crippen molar-refractivity contribution >= 4 is 11.6 Å². The van der Waals surface area contributed by atoms with Crippen LogP contribution in [0.4, 0.5) is 5.69 Å². The number of carbonyl (C=O) groups is 1. The van der Waals surface area contributed by atoms with Crippen LogP contribution in [0.5, 0.6) is 5.88 Å². The van der Waals surface area contributed by atoms with Gasteiger partial charge >= 0.3 is 0 Å². The van der Waals surface area contributed by atoms with E-state index in [9.17, 15) is 4.79 Å². The highest BCUT2D eigenvalue weighted by atomic mass is 16.5. The number of nitrogens with zero attached hydrogens (tertiary/aromatic N) is 2. The van der Waals surface area contributed by atoms with E-state index >= 15 is 0 Å². The first-order chi connectivity index (χ1) is 14.5. The molecule has 1 N–H and O–H groups in total. The van der Waals surface area contributed by atoms with Crippen molar-refractivity contribution < 1.29 is 13.9 Å². The molecular formula is C24H27N3O3. The Kier molecular flexibility index (Phi) is 5.74. The summed E-state index contributed by atoms with van der Waals surface area (Å²) in [7, 11) is 0. The summed E-state index contributed by atoms with van der Waals surface area (Å²) in [6.07, 6.45) is 4.28. The zero-order valence-electron chi connectivity index (χ0n) is 17.6. The van der Waals surface area contributed by atoms with E-state index < -0.39 is 0 Å². The van der Waals surface area contributed by atoms with Crippen molar-refractivity contribution in [1.82, 2.24) is 10.3 Å². The van der Waals surface area contributed by atoms with Crippen LogP contribution in [0.2, 0.25) is 0 Å². The maximum absolute atomic E-state index is 12.9. The van der Waals surface area contributed by atoms with E-state index in [0.29, 0.717) is 36.3 Å². The number of fused-ring (bicyclic) bond motifs is 1. The zero-order valence-corrected chi connectivity index (χ0v) is 17.6. The average Bonchev–Trinajstić information content (AvgIpc) is 3.31. The van der Waals surface area contributed by atoms with Crippen LogP contribution in [0.15, 0.2) is 59.3 Å². The number of para-hydroxylation sites is 1. The van der Waals surface area contributed by atoms with Crippen molar-refractivity contribution in [2.75, 3.05) is 4.90 Å². The van der Waals surface area contributed by atoms with E-state index in [-0.39, 0.29) is 12.0 Å². The van der Waals surface area contributed by atoms with Crippen LogP contribution in [0.1, 0.15) is 48.0 Å². The second kappa shape index (κ2) is 8.61. The van der Waals surface area contributed by atoms with Crippen LogP contribution >= 0.6 is 0 Å². The number of hydrogen-bond donors (Lipinski definition) is 1. The number of ether oxygens (including phenoxy) is 1. The highest BCUT2D eigenvalue weighted by Crippen LogP contribution is 2.33. The van der Waals surface area contributed by atoms with Crippen LogP contribution in [0.3, 0.4) is 0 Å². The van der Waals surface area contributed by atoms with Crippen LogP contribution in [-0.4, -0.2) is 23.0 Å². The average molecular weight is 405 g/mol. The van der Waals surface area contributed by atoms with Gasteiger partial charge in [0.15, 0.2) is 0 Å². The number of anilines is 1. The minimum absolute atomic E-state index is 0.0140. The molecule has 1 aliphatic rings. The SMILES string of the molecule is CC(C)Oc1ncccc1CNC(=O)c1ccoc1CN1c2ccccc2CC1C. The number of rotatable bonds is 7. The standard InChI is InChI=1S/C24H27N3O3/c1-16(2)30-24-19(8-6-11-25-24)14-26-23(28)20-10-12-29-22(20)15-27-17(3)13-18-7-4-5-9-21(18)27/h4-12,16-17H,13-15H2,1-3H3,(H,26,28). The number of nitrogens with one attached hydrogen (secondary N) is 1. The topological polar surface area (TPSA) is 67.6 Å². The van der Waals surface area contributed by atoms with Gasteiger partial charge < -0.3 is 19.4 Å². The monoisotopic (exact) mass is 405 g/mol. The van der Waals surface area contributed by atoms with Gasteiger partial charge in [0.2, 0.25) is 5.88 Å². The van der Waals surface area contributed by atoms with Gasteiger partial charge in [-0.15, -0.1) is 0 Å². The van der Waals surface area contributed by atoms with E-state index in [2.05, 4.69) is 40.3 Å². The van der Waals surface area contributed by atoms with Gasteiger partial charge in [0, 0.05) is 30.0 Å². The van der Waals surface area contributed by atoms with Crippen molar-refractivity contribution in [3.63, 3.8) is 0 Å². The van der Waals surface area contributed by atoms with E-state index in [1.807, 2.05) is 32.0 Å². The van der Waals surface area contributed by atoms with Crippen molar-refractivity contribution in [2.24, 2.45) is 0 Å². The number of amides is 1. The molecule has 4 rings (SSSR count). The number of aromatic nitrogens is 1. The summed E-state index contributed by atoms with van der Waals surface area (Å²) in [6, 6.07) is 14.2. The largest absolute Gasteiger partial charge is 0.475 e. The first kappa shape index (κ1) is 20.0. The molecule has 6 nitrogen and oxygen atoms in total. The summed E-state index contributed by atoms with van der Waals surface area (Å²) in [5.74, 6) is 1.04. The van der Waals surface area contributed by atoms with E-state index in [0.717, 1.165) is 12.0 Å². The Morgan fingerprint density at radius 3 is 2.93 bits per heavy atom. The quantitative estimate of drug-likeness (QED) is 0.633. The number of pyridine rings is 1. The van der Waals surface area contributed by atoms with Gasteiger partial charge in [0.25, 0.3) is 5.91 Å². The van der Waals surface area contributed by atoms with E-state index in [1.54, 1.807) is 18.5 Å². The molecule has 1 aliphatic heterocycles. The Balaban J connectivity index is 1.46. The first-order valence-electron chi connectivity index (χ1n) is 10.3. The number of carbonyl (C=O) groups excluding carboxylic acids is 1. The predicted octanol–water partition coefficient (Wildman–Crippen LogP) is 4.34.